The Morgan fingerprint density at radius 2 is 2.04 bits per heavy atom. The number of halogens is 1. The van der Waals surface area contributed by atoms with Crippen molar-refractivity contribution < 1.29 is 14.7 Å². The Hall–Kier alpha value is -1.59. The van der Waals surface area contributed by atoms with Gasteiger partial charge in [0.05, 0.1) is 17.4 Å². The van der Waals surface area contributed by atoms with E-state index >= 15 is 0 Å². The zero-order valence-corrected chi connectivity index (χ0v) is 13.7. The van der Waals surface area contributed by atoms with Crippen molar-refractivity contribution >= 4 is 23.4 Å². The molecule has 1 atom stereocenters. The highest BCUT2D eigenvalue weighted by Gasteiger charge is 2.54. The molecule has 3 N–H and O–H groups in total. The second-order valence-electron chi connectivity index (χ2n) is 6.79. The summed E-state index contributed by atoms with van der Waals surface area (Å²) in [6.45, 7) is 0.763. The third kappa shape index (κ3) is 3.21. The van der Waals surface area contributed by atoms with Crippen LogP contribution in [0, 0.1) is 0 Å². The van der Waals surface area contributed by atoms with Crippen LogP contribution in [0.3, 0.4) is 0 Å². The molecule has 1 heterocycles. The third-order valence-corrected chi connectivity index (χ3v) is 5.12. The lowest BCUT2D eigenvalue weighted by Crippen LogP contribution is -2.54. The molecular weight excluding hydrogens is 316 g/mol. The highest BCUT2D eigenvalue weighted by molar-refractivity contribution is 6.30. The zero-order valence-electron chi connectivity index (χ0n) is 12.9. The Balaban J connectivity index is 1.79. The summed E-state index contributed by atoms with van der Waals surface area (Å²) in [6, 6.07) is 7.41. The molecule has 0 bridgehead atoms. The van der Waals surface area contributed by atoms with Crippen molar-refractivity contribution in [2.24, 2.45) is 5.73 Å². The van der Waals surface area contributed by atoms with Crippen molar-refractivity contribution in [3.63, 3.8) is 0 Å². The molecule has 1 unspecified atom stereocenters. The number of nitrogens with two attached hydrogens (primary N) is 1. The molecule has 3 rings (SSSR count). The number of nitrogens with zero attached hydrogens (tertiary/aromatic N) is 1. The maximum atomic E-state index is 13.0. The smallest absolute Gasteiger partial charge is 0.233 e. The molecule has 23 heavy (non-hydrogen) atoms. The lowest BCUT2D eigenvalue weighted by Gasteiger charge is -2.40. The van der Waals surface area contributed by atoms with E-state index in [-0.39, 0.29) is 18.9 Å². The van der Waals surface area contributed by atoms with E-state index in [1.807, 2.05) is 18.2 Å². The zero-order chi connectivity index (χ0) is 16.7. The van der Waals surface area contributed by atoms with Crippen LogP contribution in [0.2, 0.25) is 5.02 Å². The van der Waals surface area contributed by atoms with Crippen molar-refractivity contribution in [3.8, 4) is 0 Å². The van der Waals surface area contributed by atoms with Crippen LogP contribution in [0.5, 0.6) is 0 Å². The van der Waals surface area contributed by atoms with Gasteiger partial charge in [-0.2, -0.15) is 0 Å². The first-order valence-electron chi connectivity index (χ1n) is 7.91. The van der Waals surface area contributed by atoms with Crippen molar-refractivity contribution in [2.75, 3.05) is 13.1 Å². The number of primary amides is 1. The number of β-amino-alcohol motifs (C(OH)–C–C–N with tert-alkyl or cyclic N) is 1. The minimum absolute atomic E-state index is 0.0161. The van der Waals surface area contributed by atoms with Crippen LogP contribution < -0.4 is 5.73 Å². The summed E-state index contributed by atoms with van der Waals surface area (Å²) in [6.07, 6.45) is 2.62. The van der Waals surface area contributed by atoms with Gasteiger partial charge in [0.25, 0.3) is 0 Å². The number of carbonyl (C=O) groups excluding carboxylic acids is 2. The van der Waals surface area contributed by atoms with Gasteiger partial charge in [-0.1, -0.05) is 23.7 Å². The Labute approximate surface area is 140 Å². The molecule has 1 aromatic carbocycles. The summed E-state index contributed by atoms with van der Waals surface area (Å²) in [5.74, 6) is -0.528. The van der Waals surface area contributed by atoms with Crippen molar-refractivity contribution in [1.29, 1.82) is 0 Å². The van der Waals surface area contributed by atoms with Crippen LogP contribution >= 0.6 is 11.6 Å². The fourth-order valence-electron chi connectivity index (χ4n) is 3.59. The molecule has 2 fully saturated rings. The van der Waals surface area contributed by atoms with E-state index in [1.165, 1.54) is 0 Å². The second-order valence-corrected chi connectivity index (χ2v) is 7.23. The van der Waals surface area contributed by atoms with E-state index in [9.17, 15) is 14.7 Å². The van der Waals surface area contributed by atoms with Crippen molar-refractivity contribution in [2.45, 2.75) is 43.1 Å². The summed E-state index contributed by atoms with van der Waals surface area (Å²) in [4.78, 5) is 25.9. The minimum Gasteiger partial charge on any atom is -0.388 e. The molecule has 1 aliphatic heterocycles. The molecular formula is C17H21ClN2O3. The van der Waals surface area contributed by atoms with E-state index in [4.69, 9.17) is 17.3 Å². The first kappa shape index (κ1) is 16.3. The van der Waals surface area contributed by atoms with Crippen molar-refractivity contribution in [3.05, 3.63) is 34.9 Å². The van der Waals surface area contributed by atoms with Gasteiger partial charge in [0.15, 0.2) is 0 Å². The number of piperidine rings is 1. The molecule has 0 radical (unpaired) electrons. The normalized spacial score (nSPS) is 25.9. The number of amides is 2. The fourth-order valence-corrected chi connectivity index (χ4v) is 3.78. The lowest BCUT2D eigenvalue weighted by atomic mass is 9.87. The predicted molar refractivity (Wildman–Crippen MR) is 86.9 cm³/mol. The molecule has 1 saturated carbocycles. The van der Waals surface area contributed by atoms with E-state index in [0.29, 0.717) is 24.4 Å². The predicted octanol–water partition coefficient (Wildman–Crippen LogP) is 1.60. The molecule has 0 spiro atoms. The van der Waals surface area contributed by atoms with Gasteiger partial charge in [0.2, 0.25) is 11.8 Å². The van der Waals surface area contributed by atoms with Crippen LogP contribution in [0.15, 0.2) is 24.3 Å². The summed E-state index contributed by atoms with van der Waals surface area (Å²) in [5.41, 5.74) is 4.43. The monoisotopic (exact) mass is 336 g/mol. The number of hydrogen-bond acceptors (Lipinski definition) is 3. The van der Waals surface area contributed by atoms with Crippen LogP contribution in [0.1, 0.15) is 37.7 Å². The van der Waals surface area contributed by atoms with E-state index in [1.54, 1.807) is 11.0 Å². The number of aliphatic hydroxyl groups is 1. The van der Waals surface area contributed by atoms with Gasteiger partial charge in [-0.3, -0.25) is 9.59 Å². The lowest BCUT2D eigenvalue weighted by molar-refractivity contribution is -0.144. The largest absolute Gasteiger partial charge is 0.388 e. The molecule has 2 amide bonds. The highest BCUT2D eigenvalue weighted by atomic mass is 35.5. The van der Waals surface area contributed by atoms with Gasteiger partial charge in [0, 0.05) is 18.1 Å². The maximum Gasteiger partial charge on any atom is 0.233 e. The fraction of sp³-hybridized carbons (Fsp3) is 0.529. The van der Waals surface area contributed by atoms with Crippen LogP contribution in [-0.4, -0.2) is 40.5 Å². The number of rotatable bonds is 4. The Bertz CT molecular complexity index is 644. The average molecular weight is 337 g/mol. The average Bonchev–Trinajstić information content (AvgIpc) is 3.27. The number of hydrogen-bond donors (Lipinski definition) is 2. The first-order chi connectivity index (χ1) is 10.8. The van der Waals surface area contributed by atoms with Gasteiger partial charge in [-0.05, 0) is 43.4 Å². The summed E-state index contributed by atoms with van der Waals surface area (Å²) in [7, 11) is 0. The van der Waals surface area contributed by atoms with Gasteiger partial charge >= 0.3 is 0 Å². The van der Waals surface area contributed by atoms with E-state index in [0.717, 1.165) is 18.4 Å². The molecule has 5 nitrogen and oxygen atoms in total. The standard InChI is InChI=1S/C17H21ClN2O3/c18-13-4-1-3-12(9-13)17(6-7-17)15(22)20-8-2-5-16(23,11-20)10-14(19)21/h1,3-4,9,23H,2,5-8,10-11H2,(H2,19,21). The summed E-state index contributed by atoms with van der Waals surface area (Å²) < 4.78 is 0. The molecule has 124 valence electrons. The number of likely N-dealkylation sites (tertiary alicyclic amines) is 1. The second kappa shape index (κ2) is 5.80. The molecule has 6 heteroatoms. The van der Waals surface area contributed by atoms with Crippen LogP contribution in [0.25, 0.3) is 0 Å². The number of benzene rings is 1. The first-order valence-corrected chi connectivity index (χ1v) is 8.29. The van der Waals surface area contributed by atoms with Gasteiger partial charge in [-0.25, -0.2) is 0 Å². The summed E-state index contributed by atoms with van der Waals surface area (Å²) in [5, 5.41) is 11.2. The molecule has 1 aliphatic carbocycles. The van der Waals surface area contributed by atoms with Gasteiger partial charge in [0.1, 0.15) is 0 Å². The van der Waals surface area contributed by atoms with Gasteiger partial charge in [-0.15, -0.1) is 0 Å². The summed E-state index contributed by atoms with van der Waals surface area (Å²) >= 11 is 6.06. The Kier molecular flexibility index (Phi) is 4.10. The molecule has 0 aromatic heterocycles. The van der Waals surface area contributed by atoms with Gasteiger partial charge < -0.3 is 15.7 Å². The van der Waals surface area contributed by atoms with Crippen LogP contribution in [0.4, 0.5) is 0 Å². The molecule has 1 saturated heterocycles. The molecule has 1 aromatic rings. The third-order valence-electron chi connectivity index (χ3n) is 4.88. The Morgan fingerprint density at radius 1 is 1.30 bits per heavy atom. The minimum atomic E-state index is -1.20. The van der Waals surface area contributed by atoms with E-state index < -0.39 is 16.9 Å². The topological polar surface area (TPSA) is 83.6 Å². The maximum absolute atomic E-state index is 13.0. The quantitative estimate of drug-likeness (QED) is 0.876. The highest BCUT2D eigenvalue weighted by Crippen LogP contribution is 2.50. The van der Waals surface area contributed by atoms with Crippen molar-refractivity contribution in [1.82, 2.24) is 4.90 Å². The SMILES string of the molecule is NC(=O)CC1(O)CCCN(C(=O)C2(c3cccc(Cl)c3)CC2)C1. The van der Waals surface area contributed by atoms with Crippen LogP contribution in [-0.2, 0) is 15.0 Å². The Morgan fingerprint density at radius 3 is 2.65 bits per heavy atom. The van der Waals surface area contributed by atoms with E-state index in [2.05, 4.69) is 0 Å². The molecule has 2 aliphatic rings. The number of carbonyl (C=O) groups is 2.